The van der Waals surface area contributed by atoms with E-state index in [-0.39, 0.29) is 5.60 Å². The lowest BCUT2D eigenvalue weighted by atomic mass is 9.99. The van der Waals surface area contributed by atoms with Gasteiger partial charge in [-0.2, -0.15) is 0 Å². The van der Waals surface area contributed by atoms with Crippen LogP contribution in [0.2, 0.25) is 0 Å². The Morgan fingerprint density at radius 1 is 1.21 bits per heavy atom. The van der Waals surface area contributed by atoms with Crippen LogP contribution >= 0.6 is 0 Å². The van der Waals surface area contributed by atoms with Gasteiger partial charge >= 0.3 is 0 Å². The first-order chi connectivity index (χ1) is 6.52. The summed E-state index contributed by atoms with van der Waals surface area (Å²) in [5.41, 5.74) is -0.0339. The van der Waals surface area contributed by atoms with Gasteiger partial charge < -0.3 is 4.74 Å². The van der Waals surface area contributed by atoms with Crippen LogP contribution in [-0.4, -0.2) is 18.5 Å². The van der Waals surface area contributed by atoms with Gasteiger partial charge in [0, 0.05) is 20.0 Å². The van der Waals surface area contributed by atoms with E-state index in [1.165, 1.54) is 0 Å². The zero-order chi connectivity index (χ0) is 11.0. The highest BCUT2D eigenvalue weighted by molar-refractivity contribution is 5.78. The molecule has 2 nitrogen and oxygen atoms in total. The molecule has 0 heterocycles. The average molecular weight is 200 g/mol. The molecule has 0 aliphatic carbocycles. The van der Waals surface area contributed by atoms with Crippen molar-refractivity contribution in [3.05, 3.63) is 0 Å². The van der Waals surface area contributed by atoms with E-state index in [1.807, 2.05) is 6.92 Å². The van der Waals surface area contributed by atoms with Crippen molar-refractivity contribution in [1.82, 2.24) is 0 Å². The van der Waals surface area contributed by atoms with Gasteiger partial charge in [-0.05, 0) is 33.1 Å². The van der Waals surface area contributed by atoms with Crippen molar-refractivity contribution >= 4 is 5.78 Å². The van der Waals surface area contributed by atoms with E-state index < -0.39 is 0 Å². The van der Waals surface area contributed by atoms with Gasteiger partial charge in [0.05, 0.1) is 5.60 Å². The Hall–Kier alpha value is -0.370. The molecular formula is C12H24O2. The molecule has 0 spiro atoms. The highest BCUT2D eigenvalue weighted by Crippen LogP contribution is 2.17. The van der Waals surface area contributed by atoms with E-state index in [4.69, 9.17) is 4.74 Å². The number of methoxy groups -OCH3 is 1. The van der Waals surface area contributed by atoms with Gasteiger partial charge in [-0.1, -0.05) is 13.3 Å². The molecule has 0 aromatic carbocycles. The Labute approximate surface area is 88.0 Å². The first kappa shape index (κ1) is 13.6. The second kappa shape index (κ2) is 6.99. The third kappa shape index (κ3) is 7.07. The highest BCUT2D eigenvalue weighted by atomic mass is 16.5. The third-order valence-corrected chi connectivity index (χ3v) is 2.57. The quantitative estimate of drug-likeness (QED) is 0.562. The third-order valence-electron chi connectivity index (χ3n) is 2.57. The molecule has 0 aliphatic heterocycles. The molecule has 0 fully saturated rings. The Bertz CT molecular complexity index is 162. The number of hydrogen-bond donors (Lipinski definition) is 0. The van der Waals surface area contributed by atoms with Gasteiger partial charge in [0.15, 0.2) is 0 Å². The van der Waals surface area contributed by atoms with Crippen LogP contribution in [0.1, 0.15) is 59.3 Å². The van der Waals surface area contributed by atoms with Crippen molar-refractivity contribution in [3.8, 4) is 0 Å². The van der Waals surface area contributed by atoms with Crippen molar-refractivity contribution in [2.24, 2.45) is 0 Å². The molecule has 0 atom stereocenters. The van der Waals surface area contributed by atoms with Gasteiger partial charge in [-0.15, -0.1) is 0 Å². The normalized spacial score (nSPS) is 11.7. The monoisotopic (exact) mass is 200 g/mol. The predicted octanol–water partition coefficient (Wildman–Crippen LogP) is 3.34. The average Bonchev–Trinajstić information content (AvgIpc) is 2.13. The van der Waals surface area contributed by atoms with E-state index in [0.717, 1.165) is 38.5 Å². The summed E-state index contributed by atoms with van der Waals surface area (Å²) < 4.78 is 5.31. The Kier molecular flexibility index (Phi) is 6.81. The molecule has 0 aliphatic rings. The van der Waals surface area contributed by atoms with Gasteiger partial charge in [0.25, 0.3) is 0 Å². The number of Topliss-reactive ketones (excluding diaryl/α,β-unsaturated/α-hetero) is 1. The number of carbonyl (C=O) groups excluding carboxylic acids is 1. The van der Waals surface area contributed by atoms with Crippen molar-refractivity contribution in [1.29, 1.82) is 0 Å². The van der Waals surface area contributed by atoms with Crippen LogP contribution in [0.15, 0.2) is 0 Å². The number of carbonyl (C=O) groups is 1. The summed E-state index contributed by atoms with van der Waals surface area (Å²) in [5.74, 6) is 0.405. The topological polar surface area (TPSA) is 26.3 Å². The second-order valence-electron chi connectivity index (χ2n) is 4.46. The van der Waals surface area contributed by atoms with Crippen LogP contribution in [0.4, 0.5) is 0 Å². The zero-order valence-electron chi connectivity index (χ0n) is 10.1. The summed E-state index contributed by atoms with van der Waals surface area (Å²) in [7, 11) is 1.74. The Morgan fingerprint density at radius 3 is 2.36 bits per heavy atom. The summed E-state index contributed by atoms with van der Waals surface area (Å²) in [5, 5.41) is 0. The number of ether oxygens (including phenoxy) is 1. The molecule has 14 heavy (non-hydrogen) atoms. The molecule has 0 unspecified atom stereocenters. The van der Waals surface area contributed by atoms with Crippen LogP contribution in [0.25, 0.3) is 0 Å². The summed E-state index contributed by atoms with van der Waals surface area (Å²) in [6.07, 6.45) is 5.58. The van der Waals surface area contributed by atoms with Crippen molar-refractivity contribution < 1.29 is 9.53 Å². The molecule has 0 saturated carbocycles. The van der Waals surface area contributed by atoms with Gasteiger partial charge in [0.1, 0.15) is 5.78 Å². The molecular weight excluding hydrogens is 176 g/mol. The minimum Gasteiger partial charge on any atom is -0.379 e. The molecule has 0 aromatic rings. The maximum Gasteiger partial charge on any atom is 0.132 e. The fourth-order valence-electron chi connectivity index (χ4n) is 1.38. The van der Waals surface area contributed by atoms with E-state index in [0.29, 0.717) is 5.78 Å². The summed E-state index contributed by atoms with van der Waals surface area (Å²) in [4.78, 5) is 11.2. The summed E-state index contributed by atoms with van der Waals surface area (Å²) in [6, 6.07) is 0. The molecule has 2 heteroatoms. The van der Waals surface area contributed by atoms with Gasteiger partial charge in [-0.3, -0.25) is 4.79 Å². The van der Waals surface area contributed by atoms with Crippen molar-refractivity contribution in [2.45, 2.75) is 64.9 Å². The number of ketones is 1. The standard InChI is InChI=1S/C12H24O2/c1-5-8-11(13)9-6-7-10-12(2,3)14-4/h5-10H2,1-4H3. The zero-order valence-corrected chi connectivity index (χ0v) is 10.1. The maximum atomic E-state index is 11.2. The number of unbranched alkanes of at least 4 members (excludes halogenated alkanes) is 1. The summed E-state index contributed by atoms with van der Waals surface area (Å²) >= 11 is 0. The van der Waals surface area contributed by atoms with Crippen molar-refractivity contribution in [2.75, 3.05) is 7.11 Å². The highest BCUT2D eigenvalue weighted by Gasteiger charge is 2.15. The van der Waals surface area contributed by atoms with E-state index in [2.05, 4.69) is 13.8 Å². The number of hydrogen-bond acceptors (Lipinski definition) is 2. The van der Waals surface area contributed by atoms with Crippen LogP contribution in [0, 0.1) is 0 Å². The first-order valence-electron chi connectivity index (χ1n) is 5.58. The smallest absolute Gasteiger partial charge is 0.132 e. The molecule has 0 bridgehead atoms. The minimum absolute atomic E-state index is 0.0339. The molecule has 0 aromatic heterocycles. The van der Waals surface area contributed by atoms with Gasteiger partial charge in [0.2, 0.25) is 0 Å². The van der Waals surface area contributed by atoms with E-state index in [9.17, 15) is 4.79 Å². The Balaban J connectivity index is 3.42. The largest absolute Gasteiger partial charge is 0.379 e. The second-order valence-corrected chi connectivity index (χ2v) is 4.46. The fourth-order valence-corrected chi connectivity index (χ4v) is 1.38. The predicted molar refractivity (Wildman–Crippen MR) is 59.5 cm³/mol. The maximum absolute atomic E-state index is 11.2. The SMILES string of the molecule is CCCC(=O)CCCCC(C)(C)OC. The summed E-state index contributed by atoms with van der Waals surface area (Å²) in [6.45, 7) is 6.22. The van der Waals surface area contributed by atoms with Crippen LogP contribution in [-0.2, 0) is 9.53 Å². The lowest BCUT2D eigenvalue weighted by molar-refractivity contribution is -0.119. The first-order valence-corrected chi connectivity index (χ1v) is 5.58. The van der Waals surface area contributed by atoms with Gasteiger partial charge in [-0.25, -0.2) is 0 Å². The molecule has 0 amide bonds. The molecule has 0 radical (unpaired) electrons. The molecule has 0 N–H and O–H groups in total. The van der Waals surface area contributed by atoms with Crippen LogP contribution in [0.5, 0.6) is 0 Å². The lowest BCUT2D eigenvalue weighted by Crippen LogP contribution is -2.21. The number of rotatable bonds is 8. The van der Waals surface area contributed by atoms with E-state index in [1.54, 1.807) is 7.11 Å². The van der Waals surface area contributed by atoms with Crippen LogP contribution < -0.4 is 0 Å². The van der Waals surface area contributed by atoms with Crippen molar-refractivity contribution in [3.63, 3.8) is 0 Å². The van der Waals surface area contributed by atoms with E-state index >= 15 is 0 Å². The molecule has 84 valence electrons. The molecule has 0 rings (SSSR count). The van der Waals surface area contributed by atoms with Crippen LogP contribution in [0.3, 0.4) is 0 Å². The minimum atomic E-state index is -0.0339. The molecule has 0 saturated heterocycles. The Morgan fingerprint density at radius 2 is 1.86 bits per heavy atom. The lowest BCUT2D eigenvalue weighted by Gasteiger charge is -2.22. The fraction of sp³-hybridized carbons (Fsp3) is 0.917.